The third-order valence-corrected chi connectivity index (χ3v) is 5.46. The zero-order valence-corrected chi connectivity index (χ0v) is 16.6. The van der Waals surface area contributed by atoms with Gasteiger partial charge in [-0.15, -0.1) is 0 Å². The van der Waals surface area contributed by atoms with Crippen LogP contribution in [0.1, 0.15) is 18.9 Å². The molecule has 4 rings (SSSR count). The minimum Gasteiger partial charge on any atom is -0.326 e. The lowest BCUT2D eigenvalue weighted by molar-refractivity contribution is -0.122. The molecule has 0 spiro atoms. The molecule has 1 saturated heterocycles. The van der Waals surface area contributed by atoms with Crippen molar-refractivity contribution in [3.8, 4) is 0 Å². The summed E-state index contributed by atoms with van der Waals surface area (Å²) in [6, 6.07) is 14.0. The molecular formula is C22H20ClN3O3. The van der Waals surface area contributed by atoms with Crippen molar-refractivity contribution in [2.24, 2.45) is 5.92 Å². The van der Waals surface area contributed by atoms with Gasteiger partial charge in [-0.05, 0) is 48.4 Å². The summed E-state index contributed by atoms with van der Waals surface area (Å²) in [7, 11) is 0. The molecule has 2 heterocycles. The summed E-state index contributed by atoms with van der Waals surface area (Å²) < 4.78 is 0. The number of carbonyl (C=O) groups excluding carboxylic acids is 2. The average molecular weight is 410 g/mol. The predicted octanol–water partition coefficient (Wildman–Crippen LogP) is 3.74. The summed E-state index contributed by atoms with van der Waals surface area (Å²) in [5.41, 5.74) is 2.78. The van der Waals surface area contributed by atoms with Crippen molar-refractivity contribution < 1.29 is 9.59 Å². The second-order valence-electron chi connectivity index (χ2n) is 7.14. The summed E-state index contributed by atoms with van der Waals surface area (Å²) in [5.74, 6) is -0.763. The van der Waals surface area contributed by atoms with E-state index in [2.05, 4.69) is 10.3 Å². The molecule has 148 valence electrons. The molecule has 0 aliphatic carbocycles. The first kappa shape index (κ1) is 19.2. The van der Waals surface area contributed by atoms with Crippen molar-refractivity contribution in [3.05, 3.63) is 69.5 Å². The van der Waals surface area contributed by atoms with Crippen molar-refractivity contribution in [3.63, 3.8) is 0 Å². The number of benzene rings is 2. The molecule has 3 aromatic rings. The van der Waals surface area contributed by atoms with Crippen LogP contribution in [0.25, 0.3) is 10.9 Å². The molecule has 29 heavy (non-hydrogen) atoms. The van der Waals surface area contributed by atoms with E-state index in [9.17, 15) is 14.4 Å². The van der Waals surface area contributed by atoms with Crippen LogP contribution in [-0.4, -0.2) is 23.3 Å². The lowest BCUT2D eigenvalue weighted by atomic mass is 10.1. The Hall–Kier alpha value is -3.12. The van der Waals surface area contributed by atoms with Crippen molar-refractivity contribution in [1.82, 2.24) is 4.98 Å². The van der Waals surface area contributed by atoms with Crippen molar-refractivity contribution in [2.75, 3.05) is 16.8 Å². The smallest absolute Gasteiger partial charge is 0.248 e. The van der Waals surface area contributed by atoms with Crippen molar-refractivity contribution >= 4 is 45.7 Å². The van der Waals surface area contributed by atoms with Gasteiger partial charge in [-0.1, -0.05) is 24.6 Å². The highest BCUT2D eigenvalue weighted by molar-refractivity contribution is 6.30. The number of aromatic amines is 1. The number of carbonyl (C=O) groups is 2. The number of rotatable bonds is 4. The Balaban J connectivity index is 1.51. The van der Waals surface area contributed by atoms with E-state index in [4.69, 9.17) is 11.6 Å². The van der Waals surface area contributed by atoms with Gasteiger partial charge in [0.1, 0.15) is 0 Å². The fraction of sp³-hybridized carbons (Fsp3) is 0.227. The normalized spacial score (nSPS) is 16.4. The highest BCUT2D eigenvalue weighted by Gasteiger charge is 2.35. The molecule has 1 aliphatic rings. The highest BCUT2D eigenvalue weighted by atomic mass is 35.5. The lowest BCUT2D eigenvalue weighted by Crippen LogP contribution is -2.28. The van der Waals surface area contributed by atoms with E-state index < -0.39 is 5.92 Å². The second-order valence-corrected chi connectivity index (χ2v) is 7.58. The molecule has 1 aliphatic heterocycles. The van der Waals surface area contributed by atoms with E-state index in [0.717, 1.165) is 23.1 Å². The minimum absolute atomic E-state index is 0.0945. The SMILES string of the molecule is CCc1cc(=O)[nH]c2cc(NC(=O)C3CC(=O)N(c4ccc(Cl)cc4)C3)ccc12. The number of pyridine rings is 1. The minimum atomic E-state index is -0.449. The number of hydrogen-bond acceptors (Lipinski definition) is 3. The first-order chi connectivity index (χ1) is 13.9. The van der Waals surface area contributed by atoms with Crippen LogP contribution in [0.3, 0.4) is 0 Å². The summed E-state index contributed by atoms with van der Waals surface area (Å²) in [6.45, 7) is 2.31. The van der Waals surface area contributed by atoms with E-state index in [1.54, 1.807) is 41.3 Å². The largest absolute Gasteiger partial charge is 0.326 e. The van der Waals surface area contributed by atoms with Gasteiger partial charge in [0, 0.05) is 40.8 Å². The maximum absolute atomic E-state index is 12.7. The first-order valence-corrected chi connectivity index (χ1v) is 9.85. The summed E-state index contributed by atoms with van der Waals surface area (Å²) in [4.78, 5) is 41.4. The van der Waals surface area contributed by atoms with Crippen LogP contribution < -0.4 is 15.8 Å². The number of anilines is 2. The Kier molecular flexibility index (Phi) is 5.11. The van der Waals surface area contributed by atoms with Gasteiger partial charge in [0.05, 0.1) is 11.4 Å². The summed E-state index contributed by atoms with van der Waals surface area (Å²) in [6.07, 6.45) is 0.899. The Bertz CT molecular complexity index is 1150. The summed E-state index contributed by atoms with van der Waals surface area (Å²) in [5, 5.41) is 4.42. The molecule has 7 heteroatoms. The molecule has 2 amide bonds. The number of aryl methyl sites for hydroxylation is 1. The standard InChI is InChI=1S/C22H20ClN3O3/c1-2-13-9-20(27)25-19-11-16(5-8-18(13)19)24-22(29)14-10-21(28)26(12-14)17-6-3-15(23)4-7-17/h3-9,11,14H,2,10,12H2,1H3,(H,24,29)(H,25,27). The van der Waals surface area contributed by atoms with Gasteiger partial charge >= 0.3 is 0 Å². The fourth-order valence-electron chi connectivity index (χ4n) is 3.70. The molecule has 2 N–H and O–H groups in total. The Labute approximate surface area is 172 Å². The van der Waals surface area contributed by atoms with Crippen LogP contribution in [0.4, 0.5) is 11.4 Å². The van der Waals surface area contributed by atoms with Crippen LogP contribution in [0, 0.1) is 5.92 Å². The topological polar surface area (TPSA) is 82.3 Å². The number of nitrogens with zero attached hydrogens (tertiary/aromatic N) is 1. The molecule has 1 atom stereocenters. The monoisotopic (exact) mass is 409 g/mol. The Morgan fingerprint density at radius 3 is 2.66 bits per heavy atom. The zero-order valence-electron chi connectivity index (χ0n) is 15.9. The van der Waals surface area contributed by atoms with E-state index in [1.807, 2.05) is 19.1 Å². The first-order valence-electron chi connectivity index (χ1n) is 9.47. The van der Waals surface area contributed by atoms with Crippen LogP contribution in [0.5, 0.6) is 0 Å². The van der Waals surface area contributed by atoms with Gasteiger partial charge in [-0.3, -0.25) is 14.4 Å². The highest BCUT2D eigenvalue weighted by Crippen LogP contribution is 2.27. The molecule has 1 fully saturated rings. The number of aromatic nitrogens is 1. The van der Waals surface area contributed by atoms with Gasteiger partial charge in [-0.25, -0.2) is 0 Å². The van der Waals surface area contributed by atoms with E-state index >= 15 is 0 Å². The van der Waals surface area contributed by atoms with Gasteiger partial charge in [0.15, 0.2) is 0 Å². The van der Waals surface area contributed by atoms with E-state index in [1.165, 1.54) is 0 Å². The number of H-pyrrole nitrogens is 1. The maximum atomic E-state index is 12.7. The number of halogens is 1. The quantitative estimate of drug-likeness (QED) is 0.688. The summed E-state index contributed by atoms with van der Waals surface area (Å²) >= 11 is 5.90. The van der Waals surface area contributed by atoms with Crippen LogP contribution in [-0.2, 0) is 16.0 Å². The Morgan fingerprint density at radius 2 is 1.93 bits per heavy atom. The molecule has 0 bridgehead atoms. The molecule has 2 aromatic carbocycles. The zero-order chi connectivity index (χ0) is 20.5. The second kappa shape index (κ2) is 7.72. The number of hydrogen-bond donors (Lipinski definition) is 2. The molecule has 1 unspecified atom stereocenters. The molecule has 1 aromatic heterocycles. The molecule has 0 radical (unpaired) electrons. The van der Waals surface area contributed by atoms with Gasteiger partial charge in [-0.2, -0.15) is 0 Å². The average Bonchev–Trinajstić information content (AvgIpc) is 3.09. The van der Waals surface area contributed by atoms with Crippen molar-refractivity contribution in [2.45, 2.75) is 19.8 Å². The molecule has 6 nitrogen and oxygen atoms in total. The van der Waals surface area contributed by atoms with Gasteiger partial charge in [0.25, 0.3) is 0 Å². The third kappa shape index (κ3) is 3.89. The van der Waals surface area contributed by atoms with Gasteiger partial charge in [0.2, 0.25) is 17.4 Å². The van der Waals surface area contributed by atoms with E-state index in [0.29, 0.717) is 22.8 Å². The molecular weight excluding hydrogens is 390 g/mol. The van der Waals surface area contributed by atoms with Crippen molar-refractivity contribution in [1.29, 1.82) is 0 Å². The fourth-order valence-corrected chi connectivity index (χ4v) is 3.83. The van der Waals surface area contributed by atoms with Crippen LogP contribution in [0.2, 0.25) is 5.02 Å². The van der Waals surface area contributed by atoms with Crippen LogP contribution in [0.15, 0.2) is 53.3 Å². The number of nitrogens with one attached hydrogen (secondary N) is 2. The Morgan fingerprint density at radius 1 is 1.17 bits per heavy atom. The van der Waals surface area contributed by atoms with E-state index in [-0.39, 0.29) is 23.8 Å². The molecule has 0 saturated carbocycles. The lowest BCUT2D eigenvalue weighted by Gasteiger charge is -2.17. The predicted molar refractivity (Wildman–Crippen MR) is 114 cm³/mol. The van der Waals surface area contributed by atoms with Crippen LogP contribution >= 0.6 is 11.6 Å². The van der Waals surface area contributed by atoms with Gasteiger partial charge < -0.3 is 15.2 Å². The number of fused-ring (bicyclic) bond motifs is 1. The maximum Gasteiger partial charge on any atom is 0.248 e. The third-order valence-electron chi connectivity index (χ3n) is 5.21. The number of amides is 2.